The van der Waals surface area contributed by atoms with E-state index in [4.69, 9.17) is 19.4 Å². The Morgan fingerprint density at radius 1 is 0.299 bits per heavy atom. The van der Waals surface area contributed by atoms with Crippen LogP contribution in [0.4, 0.5) is 0 Å². The molecule has 0 fully saturated rings. The van der Waals surface area contributed by atoms with E-state index in [1.165, 1.54) is 55.6 Å². The van der Waals surface area contributed by atoms with Crippen LogP contribution < -0.4 is 0 Å². The van der Waals surface area contributed by atoms with Crippen molar-refractivity contribution in [3.05, 3.63) is 269 Å². The lowest BCUT2D eigenvalue weighted by molar-refractivity contribution is 0.614. The van der Waals surface area contributed by atoms with Gasteiger partial charge in [-0.25, -0.2) is 15.0 Å². The van der Waals surface area contributed by atoms with E-state index >= 15 is 0 Å². The van der Waals surface area contributed by atoms with E-state index in [9.17, 15) is 0 Å². The third-order valence-corrected chi connectivity index (χ3v) is 15.0. The molecule has 4 nitrogen and oxygen atoms in total. The second-order valence-electron chi connectivity index (χ2n) is 18.1. The molecule has 0 amide bonds. The highest BCUT2D eigenvalue weighted by Crippen LogP contribution is 2.68. The van der Waals surface area contributed by atoms with Gasteiger partial charge in [-0.05, 0) is 90.2 Å². The predicted octanol–water partition coefficient (Wildman–Crippen LogP) is 15.0. The summed E-state index contributed by atoms with van der Waals surface area (Å²) >= 11 is 0. The molecule has 0 saturated carbocycles. The van der Waals surface area contributed by atoms with Crippen LogP contribution in [0.3, 0.4) is 0 Å². The van der Waals surface area contributed by atoms with Crippen LogP contribution in [0.25, 0.3) is 89.1 Å². The van der Waals surface area contributed by atoms with Gasteiger partial charge < -0.3 is 4.42 Å². The van der Waals surface area contributed by atoms with E-state index in [-0.39, 0.29) is 0 Å². The highest BCUT2D eigenvalue weighted by Gasteiger charge is 2.59. The van der Waals surface area contributed by atoms with Gasteiger partial charge in [-0.3, -0.25) is 0 Å². The van der Waals surface area contributed by atoms with Crippen molar-refractivity contribution in [1.82, 2.24) is 15.0 Å². The lowest BCUT2D eigenvalue weighted by atomic mass is 9.52. The molecule has 2 heterocycles. The Balaban J connectivity index is 1.05. The standard InChI is InChI=1S/C63H37N3O/c1-2-18-39(19-3-1)59-64-60(66-61(65-59)47-25-16-20-38-17-4-5-21-41(38)47)40-33-36-51-48(37-40)45-34-35-46-44-24-8-15-32-56(44)67-58(46)57(45)63(51)54-30-13-11-28-52(54)62(53-29-12-14-31-55(53)63)49-26-9-6-22-42(49)43-23-7-10-27-50(43)62/h1-37H. The maximum Gasteiger partial charge on any atom is 0.164 e. The Morgan fingerprint density at radius 2 is 0.821 bits per heavy atom. The molecule has 12 aromatic rings. The summed E-state index contributed by atoms with van der Waals surface area (Å²) in [5, 5.41) is 4.46. The van der Waals surface area contributed by atoms with E-state index in [0.29, 0.717) is 17.5 Å². The third-order valence-electron chi connectivity index (χ3n) is 15.0. The van der Waals surface area contributed by atoms with Crippen LogP contribution in [0.2, 0.25) is 0 Å². The maximum atomic E-state index is 7.16. The van der Waals surface area contributed by atoms with E-state index in [1.807, 2.05) is 18.2 Å². The SMILES string of the molecule is c1ccc(-c2nc(-c3ccc4c(c3)-c3ccc5c(oc6ccccc65)c3C43c4ccccc4C4(c5ccccc5-c5ccccc54)c4ccccc43)nc(-c3cccc4ccccc34)n2)cc1. The van der Waals surface area contributed by atoms with Crippen molar-refractivity contribution in [3.8, 4) is 56.4 Å². The minimum atomic E-state index is -0.746. The van der Waals surface area contributed by atoms with Crippen molar-refractivity contribution in [2.24, 2.45) is 0 Å². The van der Waals surface area contributed by atoms with Gasteiger partial charge in [0, 0.05) is 33.0 Å². The molecule has 10 aromatic carbocycles. The molecule has 0 atom stereocenters. The number of benzene rings is 10. The van der Waals surface area contributed by atoms with Crippen molar-refractivity contribution in [2.75, 3.05) is 0 Å². The molecule has 67 heavy (non-hydrogen) atoms. The zero-order chi connectivity index (χ0) is 43.8. The van der Waals surface area contributed by atoms with Gasteiger partial charge in [0.15, 0.2) is 17.5 Å². The molecule has 0 saturated heterocycles. The molecular weight excluding hydrogens is 815 g/mol. The Kier molecular flexibility index (Phi) is 7.33. The van der Waals surface area contributed by atoms with E-state index in [2.05, 4.69) is 206 Å². The lowest BCUT2D eigenvalue weighted by Gasteiger charge is -2.48. The minimum Gasteiger partial charge on any atom is -0.456 e. The average molecular weight is 852 g/mol. The summed E-state index contributed by atoms with van der Waals surface area (Å²) in [5.74, 6) is 1.89. The van der Waals surface area contributed by atoms with Gasteiger partial charge in [0.25, 0.3) is 0 Å². The summed E-state index contributed by atoms with van der Waals surface area (Å²) < 4.78 is 7.16. The summed E-state index contributed by atoms with van der Waals surface area (Å²) in [5.41, 5.74) is 18.2. The average Bonchev–Trinajstić information content (AvgIpc) is 4.03. The maximum absolute atomic E-state index is 7.16. The summed E-state index contributed by atoms with van der Waals surface area (Å²) in [4.78, 5) is 15.8. The second kappa shape index (κ2) is 13.4. The largest absolute Gasteiger partial charge is 0.456 e. The van der Waals surface area contributed by atoms with Gasteiger partial charge in [0.05, 0.1) is 10.8 Å². The topological polar surface area (TPSA) is 51.8 Å². The van der Waals surface area contributed by atoms with Crippen LogP contribution in [0.1, 0.15) is 44.5 Å². The van der Waals surface area contributed by atoms with Crippen molar-refractivity contribution in [2.45, 2.75) is 10.8 Å². The molecule has 0 unspecified atom stereocenters. The van der Waals surface area contributed by atoms with Crippen molar-refractivity contribution in [1.29, 1.82) is 0 Å². The molecular formula is C63H37N3O. The number of furan rings is 1. The van der Waals surface area contributed by atoms with Gasteiger partial charge in [-0.15, -0.1) is 0 Å². The van der Waals surface area contributed by atoms with Crippen LogP contribution in [0, 0.1) is 0 Å². The number of hydrogen-bond donors (Lipinski definition) is 0. The Bertz CT molecular complexity index is 3970. The molecule has 2 spiro atoms. The Labute approximate surface area is 386 Å². The molecule has 3 aliphatic carbocycles. The van der Waals surface area contributed by atoms with E-state index in [1.54, 1.807) is 0 Å². The molecule has 15 rings (SSSR count). The van der Waals surface area contributed by atoms with Crippen molar-refractivity contribution >= 4 is 32.7 Å². The van der Waals surface area contributed by atoms with Crippen molar-refractivity contribution in [3.63, 3.8) is 0 Å². The van der Waals surface area contributed by atoms with Gasteiger partial charge in [0.1, 0.15) is 11.2 Å². The van der Waals surface area contributed by atoms with Gasteiger partial charge in [0.2, 0.25) is 0 Å². The first-order valence-electron chi connectivity index (χ1n) is 23.0. The molecule has 4 heteroatoms. The third kappa shape index (κ3) is 4.68. The van der Waals surface area contributed by atoms with E-state index in [0.717, 1.165) is 60.5 Å². The van der Waals surface area contributed by atoms with Gasteiger partial charge in [-0.1, -0.05) is 206 Å². The number of nitrogens with zero attached hydrogens (tertiary/aromatic N) is 3. The fourth-order valence-corrected chi connectivity index (χ4v) is 12.5. The second-order valence-corrected chi connectivity index (χ2v) is 18.1. The summed E-state index contributed by atoms with van der Waals surface area (Å²) in [7, 11) is 0. The first-order valence-corrected chi connectivity index (χ1v) is 23.0. The van der Waals surface area contributed by atoms with Crippen LogP contribution in [0.5, 0.6) is 0 Å². The first-order chi connectivity index (χ1) is 33.2. The molecule has 3 aliphatic rings. The Morgan fingerprint density at radius 3 is 1.54 bits per heavy atom. The predicted molar refractivity (Wildman–Crippen MR) is 269 cm³/mol. The highest BCUT2D eigenvalue weighted by molar-refractivity contribution is 6.11. The highest BCUT2D eigenvalue weighted by atomic mass is 16.3. The molecule has 0 radical (unpaired) electrons. The number of aromatic nitrogens is 3. The van der Waals surface area contributed by atoms with Crippen LogP contribution in [-0.2, 0) is 10.8 Å². The van der Waals surface area contributed by atoms with Gasteiger partial charge >= 0.3 is 0 Å². The molecule has 310 valence electrons. The quantitative estimate of drug-likeness (QED) is 0.178. The zero-order valence-electron chi connectivity index (χ0n) is 36.1. The lowest BCUT2D eigenvalue weighted by Crippen LogP contribution is -2.43. The summed E-state index contributed by atoms with van der Waals surface area (Å²) in [6.07, 6.45) is 0. The fourth-order valence-electron chi connectivity index (χ4n) is 12.5. The number of para-hydroxylation sites is 1. The van der Waals surface area contributed by atoms with E-state index < -0.39 is 10.8 Å². The Hall–Kier alpha value is -8.73. The first kappa shape index (κ1) is 36.6. The number of fused-ring (bicyclic) bond motifs is 21. The molecule has 0 aliphatic heterocycles. The summed E-state index contributed by atoms with van der Waals surface area (Å²) in [6, 6.07) is 81.5. The normalized spacial score (nSPS) is 14.2. The van der Waals surface area contributed by atoms with Crippen molar-refractivity contribution < 1.29 is 4.42 Å². The molecule has 0 bridgehead atoms. The molecule has 0 N–H and O–H groups in total. The van der Waals surface area contributed by atoms with Gasteiger partial charge in [-0.2, -0.15) is 0 Å². The zero-order valence-corrected chi connectivity index (χ0v) is 36.1. The minimum absolute atomic E-state index is 0.549. The van der Waals surface area contributed by atoms with Crippen LogP contribution in [-0.4, -0.2) is 15.0 Å². The molecule has 2 aromatic heterocycles. The van der Waals surface area contributed by atoms with Crippen LogP contribution in [0.15, 0.2) is 229 Å². The smallest absolute Gasteiger partial charge is 0.164 e. The monoisotopic (exact) mass is 851 g/mol. The number of hydrogen-bond acceptors (Lipinski definition) is 4. The summed E-state index contributed by atoms with van der Waals surface area (Å²) in [6.45, 7) is 0. The van der Waals surface area contributed by atoms with Crippen LogP contribution >= 0.6 is 0 Å². The number of rotatable bonds is 3. The fraction of sp³-hybridized carbons (Fsp3) is 0.0317.